The van der Waals surface area contributed by atoms with Crippen LogP contribution in [-0.2, 0) is 11.2 Å². The van der Waals surface area contributed by atoms with E-state index in [1.807, 2.05) is 48.5 Å². The molecule has 3 rings (SSSR count). The van der Waals surface area contributed by atoms with E-state index in [-0.39, 0.29) is 11.7 Å². The number of oxazole rings is 1. The number of rotatable bonds is 6. The maximum atomic E-state index is 11.8. The van der Waals surface area contributed by atoms with E-state index < -0.39 is 0 Å². The Morgan fingerprint density at radius 3 is 2.79 bits per heavy atom. The van der Waals surface area contributed by atoms with Gasteiger partial charge in [-0.05, 0) is 29.7 Å². The standard InChI is InChI=1S/C18H17N3O2S/c1-2-13-7-9-14(10-8-13)11-19-21-17(22)12-24-18-20-15-5-3-4-6-16(15)23-18/h3-11H,2,12H2,1H3,(H,21,22). The highest BCUT2D eigenvalue weighted by molar-refractivity contribution is 7.99. The minimum absolute atomic E-state index is 0.193. The largest absolute Gasteiger partial charge is 0.431 e. The first-order chi connectivity index (χ1) is 11.7. The van der Waals surface area contributed by atoms with E-state index in [1.54, 1.807) is 6.21 Å². The third-order valence-electron chi connectivity index (χ3n) is 3.39. The number of thioether (sulfide) groups is 1. The fraction of sp³-hybridized carbons (Fsp3) is 0.167. The second-order valence-corrected chi connectivity index (χ2v) is 6.05. The first-order valence-corrected chi connectivity index (χ1v) is 8.62. The second kappa shape index (κ2) is 7.79. The van der Waals surface area contributed by atoms with Crippen LogP contribution in [0.15, 0.2) is 63.3 Å². The van der Waals surface area contributed by atoms with E-state index in [2.05, 4.69) is 22.4 Å². The van der Waals surface area contributed by atoms with Crippen molar-refractivity contribution >= 4 is 35.0 Å². The second-order valence-electron chi connectivity index (χ2n) is 5.12. The molecule has 1 heterocycles. The van der Waals surface area contributed by atoms with Crippen LogP contribution >= 0.6 is 11.8 Å². The molecule has 0 aliphatic heterocycles. The Bertz CT molecular complexity index is 823. The van der Waals surface area contributed by atoms with Gasteiger partial charge in [0, 0.05) is 0 Å². The van der Waals surface area contributed by atoms with Crippen LogP contribution in [0.5, 0.6) is 0 Å². The highest BCUT2D eigenvalue weighted by Crippen LogP contribution is 2.22. The molecule has 0 saturated carbocycles. The number of amides is 1. The van der Waals surface area contributed by atoms with Gasteiger partial charge in [0.05, 0.1) is 12.0 Å². The molecule has 1 aromatic heterocycles. The van der Waals surface area contributed by atoms with Crippen LogP contribution in [0.1, 0.15) is 18.1 Å². The van der Waals surface area contributed by atoms with Gasteiger partial charge in [-0.1, -0.05) is 55.1 Å². The summed E-state index contributed by atoms with van der Waals surface area (Å²) in [5.74, 6) is -0.0115. The van der Waals surface area contributed by atoms with Crippen LogP contribution in [0.25, 0.3) is 11.1 Å². The van der Waals surface area contributed by atoms with E-state index in [0.29, 0.717) is 10.8 Å². The first kappa shape index (κ1) is 16.3. The molecule has 122 valence electrons. The van der Waals surface area contributed by atoms with Gasteiger partial charge < -0.3 is 4.42 Å². The Balaban J connectivity index is 1.49. The van der Waals surface area contributed by atoms with Gasteiger partial charge in [0.2, 0.25) is 0 Å². The van der Waals surface area contributed by atoms with E-state index in [1.165, 1.54) is 17.3 Å². The lowest BCUT2D eigenvalue weighted by Gasteiger charge is -1.98. The van der Waals surface area contributed by atoms with E-state index in [0.717, 1.165) is 17.5 Å². The number of hydrazone groups is 1. The molecular weight excluding hydrogens is 322 g/mol. The summed E-state index contributed by atoms with van der Waals surface area (Å²) in [6, 6.07) is 15.5. The average Bonchev–Trinajstić information content (AvgIpc) is 3.03. The summed E-state index contributed by atoms with van der Waals surface area (Å²) in [6.45, 7) is 2.11. The molecule has 6 heteroatoms. The summed E-state index contributed by atoms with van der Waals surface area (Å²) in [5.41, 5.74) is 6.22. The normalized spacial score (nSPS) is 11.2. The summed E-state index contributed by atoms with van der Waals surface area (Å²) < 4.78 is 5.55. The molecule has 0 fully saturated rings. The highest BCUT2D eigenvalue weighted by Gasteiger charge is 2.08. The van der Waals surface area contributed by atoms with Crippen molar-refractivity contribution in [3.05, 3.63) is 59.7 Å². The molecule has 1 amide bonds. The first-order valence-electron chi connectivity index (χ1n) is 7.64. The van der Waals surface area contributed by atoms with Gasteiger partial charge in [-0.2, -0.15) is 5.10 Å². The number of para-hydroxylation sites is 2. The summed E-state index contributed by atoms with van der Waals surface area (Å²) in [4.78, 5) is 16.1. The van der Waals surface area contributed by atoms with Crippen LogP contribution in [0.2, 0.25) is 0 Å². The summed E-state index contributed by atoms with van der Waals surface area (Å²) in [6.07, 6.45) is 2.63. The summed E-state index contributed by atoms with van der Waals surface area (Å²) in [7, 11) is 0. The van der Waals surface area contributed by atoms with Crippen molar-refractivity contribution in [3.63, 3.8) is 0 Å². The van der Waals surface area contributed by atoms with Crippen molar-refractivity contribution in [2.24, 2.45) is 5.10 Å². The molecule has 0 atom stereocenters. The molecule has 0 spiro atoms. The van der Waals surface area contributed by atoms with E-state index in [9.17, 15) is 4.79 Å². The lowest BCUT2D eigenvalue weighted by molar-refractivity contribution is -0.118. The van der Waals surface area contributed by atoms with Crippen molar-refractivity contribution in [1.82, 2.24) is 10.4 Å². The van der Waals surface area contributed by atoms with Crippen LogP contribution in [-0.4, -0.2) is 22.9 Å². The number of nitrogens with zero attached hydrogens (tertiary/aromatic N) is 2. The molecule has 2 aromatic carbocycles. The smallest absolute Gasteiger partial charge is 0.257 e. The van der Waals surface area contributed by atoms with E-state index >= 15 is 0 Å². The van der Waals surface area contributed by atoms with Crippen molar-refractivity contribution < 1.29 is 9.21 Å². The number of aryl methyl sites for hydroxylation is 1. The predicted molar refractivity (Wildman–Crippen MR) is 96.3 cm³/mol. The zero-order chi connectivity index (χ0) is 16.8. The topological polar surface area (TPSA) is 67.5 Å². The number of fused-ring (bicyclic) bond motifs is 1. The lowest BCUT2D eigenvalue weighted by Crippen LogP contribution is -2.19. The molecule has 0 bridgehead atoms. The Hall–Kier alpha value is -2.60. The number of aromatic nitrogens is 1. The average molecular weight is 339 g/mol. The number of carbonyl (C=O) groups is 1. The van der Waals surface area contributed by atoms with Gasteiger partial charge in [0.25, 0.3) is 11.1 Å². The fourth-order valence-electron chi connectivity index (χ4n) is 2.09. The Morgan fingerprint density at radius 2 is 2.04 bits per heavy atom. The number of hydrogen-bond donors (Lipinski definition) is 1. The lowest BCUT2D eigenvalue weighted by atomic mass is 10.1. The minimum Gasteiger partial charge on any atom is -0.431 e. The van der Waals surface area contributed by atoms with Gasteiger partial charge >= 0.3 is 0 Å². The molecule has 5 nitrogen and oxygen atoms in total. The van der Waals surface area contributed by atoms with Crippen LogP contribution in [0, 0.1) is 0 Å². The van der Waals surface area contributed by atoms with Crippen molar-refractivity contribution in [2.45, 2.75) is 18.6 Å². The summed E-state index contributed by atoms with van der Waals surface area (Å²) >= 11 is 1.24. The third-order valence-corrected chi connectivity index (χ3v) is 4.22. The molecule has 0 radical (unpaired) electrons. The molecule has 1 N–H and O–H groups in total. The monoisotopic (exact) mass is 339 g/mol. The number of nitrogens with one attached hydrogen (secondary N) is 1. The Labute approximate surface area is 144 Å². The van der Waals surface area contributed by atoms with Gasteiger partial charge in [-0.15, -0.1) is 0 Å². The molecule has 24 heavy (non-hydrogen) atoms. The third kappa shape index (κ3) is 4.23. The highest BCUT2D eigenvalue weighted by atomic mass is 32.2. The summed E-state index contributed by atoms with van der Waals surface area (Å²) in [5, 5.41) is 4.44. The molecule has 3 aromatic rings. The SMILES string of the molecule is CCc1ccc(C=NNC(=O)CSc2nc3ccccc3o2)cc1. The van der Waals surface area contributed by atoms with E-state index in [4.69, 9.17) is 4.42 Å². The van der Waals surface area contributed by atoms with Crippen molar-refractivity contribution in [2.75, 3.05) is 5.75 Å². The number of hydrogen-bond acceptors (Lipinski definition) is 5. The van der Waals surface area contributed by atoms with Gasteiger partial charge in [0.1, 0.15) is 5.52 Å². The van der Waals surface area contributed by atoms with Crippen LogP contribution < -0.4 is 5.43 Å². The van der Waals surface area contributed by atoms with Gasteiger partial charge in [-0.25, -0.2) is 10.4 Å². The Morgan fingerprint density at radius 1 is 1.25 bits per heavy atom. The van der Waals surface area contributed by atoms with Crippen molar-refractivity contribution in [1.29, 1.82) is 0 Å². The molecule has 0 aliphatic rings. The molecular formula is C18H17N3O2S. The molecule has 0 saturated heterocycles. The zero-order valence-electron chi connectivity index (χ0n) is 13.2. The van der Waals surface area contributed by atoms with Crippen LogP contribution in [0.4, 0.5) is 0 Å². The molecule has 0 unspecified atom stereocenters. The minimum atomic E-state index is -0.205. The Kier molecular flexibility index (Phi) is 5.28. The predicted octanol–water partition coefficient (Wildman–Crippen LogP) is 3.63. The fourth-order valence-corrected chi connectivity index (χ4v) is 2.72. The van der Waals surface area contributed by atoms with Gasteiger partial charge in [-0.3, -0.25) is 4.79 Å². The number of carbonyl (C=O) groups excluding carboxylic acids is 1. The van der Waals surface area contributed by atoms with Crippen molar-refractivity contribution in [3.8, 4) is 0 Å². The number of benzene rings is 2. The maximum absolute atomic E-state index is 11.8. The maximum Gasteiger partial charge on any atom is 0.257 e. The van der Waals surface area contributed by atoms with Gasteiger partial charge in [0.15, 0.2) is 5.58 Å². The quantitative estimate of drug-likeness (QED) is 0.423. The van der Waals surface area contributed by atoms with Crippen LogP contribution in [0.3, 0.4) is 0 Å². The molecule has 0 aliphatic carbocycles. The zero-order valence-corrected chi connectivity index (χ0v) is 14.0.